The number of nitrogens with zero attached hydrogens (tertiary/aromatic N) is 1. The van der Waals surface area contributed by atoms with E-state index in [-0.39, 0.29) is 17.6 Å². The van der Waals surface area contributed by atoms with Gasteiger partial charge >= 0.3 is 12.0 Å². The lowest BCUT2D eigenvalue weighted by molar-refractivity contribution is 0.0696. The van der Waals surface area contributed by atoms with Crippen LogP contribution in [0.2, 0.25) is 0 Å². The number of carbonyl (C=O) groups is 2. The van der Waals surface area contributed by atoms with Gasteiger partial charge in [-0.2, -0.15) is 0 Å². The number of halogens is 1. The van der Waals surface area contributed by atoms with Crippen molar-refractivity contribution in [1.29, 1.82) is 0 Å². The minimum Gasteiger partial charge on any atom is -0.478 e. The maximum Gasteiger partial charge on any atom is 0.336 e. The molecule has 2 rings (SSSR count). The van der Waals surface area contributed by atoms with Crippen LogP contribution in [0, 0.1) is 5.92 Å². The van der Waals surface area contributed by atoms with Crippen molar-refractivity contribution >= 4 is 33.6 Å². The molecule has 0 spiro atoms. The number of likely N-dealkylation sites (tertiary alicyclic amines) is 1. The van der Waals surface area contributed by atoms with E-state index < -0.39 is 5.97 Å². The first kappa shape index (κ1) is 14.8. The lowest BCUT2D eigenvalue weighted by atomic mass is 10.1. The molecule has 108 valence electrons. The second-order valence-electron chi connectivity index (χ2n) is 5.27. The molecular weight excluding hydrogens is 324 g/mol. The van der Waals surface area contributed by atoms with E-state index in [4.69, 9.17) is 5.11 Å². The lowest BCUT2D eigenvalue weighted by Crippen LogP contribution is -2.37. The molecule has 0 saturated carbocycles. The first-order valence-electron chi connectivity index (χ1n) is 6.49. The Balaban J connectivity index is 2.12. The Morgan fingerprint density at radius 1 is 1.40 bits per heavy atom. The normalized spacial score (nSPS) is 21.9. The molecule has 0 radical (unpaired) electrons. The summed E-state index contributed by atoms with van der Waals surface area (Å²) in [4.78, 5) is 25.0. The zero-order valence-electron chi connectivity index (χ0n) is 11.4. The Morgan fingerprint density at radius 3 is 2.65 bits per heavy atom. The quantitative estimate of drug-likeness (QED) is 0.866. The Morgan fingerprint density at radius 2 is 2.10 bits per heavy atom. The zero-order valence-corrected chi connectivity index (χ0v) is 13.0. The minimum atomic E-state index is -1.03. The summed E-state index contributed by atoms with van der Waals surface area (Å²) in [5.41, 5.74) is 0.619. The summed E-state index contributed by atoms with van der Waals surface area (Å²) in [6.07, 6.45) is 0.994. The van der Waals surface area contributed by atoms with E-state index in [1.165, 1.54) is 6.07 Å². The maximum absolute atomic E-state index is 12.2. The second-order valence-corrected chi connectivity index (χ2v) is 6.13. The molecule has 1 aliphatic rings. The number of anilines is 1. The summed E-state index contributed by atoms with van der Waals surface area (Å²) in [7, 11) is 0. The van der Waals surface area contributed by atoms with Gasteiger partial charge < -0.3 is 15.3 Å². The van der Waals surface area contributed by atoms with Gasteiger partial charge in [0.2, 0.25) is 0 Å². The molecule has 1 aromatic rings. The van der Waals surface area contributed by atoms with Crippen LogP contribution in [-0.4, -0.2) is 34.6 Å². The van der Waals surface area contributed by atoms with Crippen molar-refractivity contribution in [2.45, 2.75) is 26.3 Å². The molecule has 1 heterocycles. The van der Waals surface area contributed by atoms with Gasteiger partial charge in [0.15, 0.2) is 0 Å². The molecule has 0 aliphatic carbocycles. The van der Waals surface area contributed by atoms with E-state index in [2.05, 4.69) is 28.2 Å². The number of rotatable bonds is 2. The lowest BCUT2D eigenvalue weighted by Gasteiger charge is -2.22. The van der Waals surface area contributed by atoms with Gasteiger partial charge in [-0.15, -0.1) is 0 Å². The van der Waals surface area contributed by atoms with Crippen LogP contribution in [0.15, 0.2) is 22.7 Å². The molecule has 1 aromatic carbocycles. The number of benzene rings is 1. The first-order chi connectivity index (χ1) is 9.38. The molecule has 2 unspecified atom stereocenters. The number of aromatic carboxylic acids is 1. The van der Waals surface area contributed by atoms with Crippen LogP contribution in [0.3, 0.4) is 0 Å². The molecule has 20 heavy (non-hydrogen) atoms. The number of carboxylic acids is 1. The predicted octanol–water partition coefficient (Wildman–Crippen LogP) is 3.41. The van der Waals surface area contributed by atoms with Crippen molar-refractivity contribution in [3.63, 3.8) is 0 Å². The van der Waals surface area contributed by atoms with E-state index in [9.17, 15) is 9.59 Å². The highest BCUT2D eigenvalue weighted by molar-refractivity contribution is 9.10. The number of hydrogen-bond donors (Lipinski definition) is 2. The van der Waals surface area contributed by atoms with Gasteiger partial charge in [-0.1, -0.05) is 6.92 Å². The third-order valence-corrected chi connectivity index (χ3v) is 4.18. The van der Waals surface area contributed by atoms with E-state index >= 15 is 0 Å². The smallest absolute Gasteiger partial charge is 0.336 e. The number of hydrogen-bond acceptors (Lipinski definition) is 2. The largest absolute Gasteiger partial charge is 0.478 e. The van der Waals surface area contributed by atoms with Gasteiger partial charge in [0, 0.05) is 22.7 Å². The standard InChI is InChI=1S/C14H17BrN2O3/c1-8-5-9(2)17(7-8)14(20)16-10-3-4-12(15)11(6-10)13(18)19/h3-4,6,8-9H,5,7H2,1-2H3,(H,16,20)(H,18,19). The van der Waals surface area contributed by atoms with Crippen molar-refractivity contribution in [2.75, 3.05) is 11.9 Å². The van der Waals surface area contributed by atoms with Gasteiger partial charge in [0.05, 0.1) is 5.56 Å². The highest BCUT2D eigenvalue weighted by Crippen LogP contribution is 2.25. The monoisotopic (exact) mass is 340 g/mol. The minimum absolute atomic E-state index is 0.130. The van der Waals surface area contributed by atoms with E-state index in [1.807, 2.05) is 6.92 Å². The molecule has 6 heteroatoms. The Labute approximate surface area is 126 Å². The van der Waals surface area contributed by atoms with Gasteiger partial charge in [-0.25, -0.2) is 9.59 Å². The van der Waals surface area contributed by atoms with Gasteiger partial charge in [-0.05, 0) is 53.4 Å². The predicted molar refractivity (Wildman–Crippen MR) is 80.1 cm³/mol. The van der Waals surface area contributed by atoms with Crippen LogP contribution in [0.5, 0.6) is 0 Å². The van der Waals surface area contributed by atoms with Crippen molar-refractivity contribution in [3.05, 3.63) is 28.2 Å². The van der Waals surface area contributed by atoms with Crippen LogP contribution in [0.25, 0.3) is 0 Å². The van der Waals surface area contributed by atoms with E-state index in [1.54, 1.807) is 17.0 Å². The second kappa shape index (κ2) is 5.83. The summed E-state index contributed by atoms with van der Waals surface area (Å²) in [6, 6.07) is 4.78. The summed E-state index contributed by atoms with van der Waals surface area (Å²) in [6.45, 7) is 4.87. The molecule has 1 fully saturated rings. The Hall–Kier alpha value is -1.56. The maximum atomic E-state index is 12.2. The van der Waals surface area contributed by atoms with Crippen LogP contribution < -0.4 is 5.32 Å². The molecule has 1 saturated heterocycles. The highest BCUT2D eigenvalue weighted by Gasteiger charge is 2.29. The fraction of sp³-hybridized carbons (Fsp3) is 0.429. The number of amides is 2. The molecule has 2 atom stereocenters. The topological polar surface area (TPSA) is 69.6 Å². The zero-order chi connectivity index (χ0) is 14.9. The average Bonchev–Trinajstić information content (AvgIpc) is 2.70. The van der Waals surface area contributed by atoms with Crippen LogP contribution in [-0.2, 0) is 0 Å². The molecule has 0 aromatic heterocycles. The molecule has 2 N–H and O–H groups in total. The fourth-order valence-electron chi connectivity index (χ4n) is 2.55. The molecule has 0 bridgehead atoms. The number of carboxylic acid groups (broad SMARTS) is 1. The van der Waals surface area contributed by atoms with Crippen molar-refractivity contribution in [3.8, 4) is 0 Å². The molecule has 2 amide bonds. The van der Waals surface area contributed by atoms with Crippen LogP contribution in [0.1, 0.15) is 30.6 Å². The van der Waals surface area contributed by atoms with Crippen LogP contribution >= 0.6 is 15.9 Å². The molecule has 5 nitrogen and oxygen atoms in total. The average molecular weight is 341 g/mol. The van der Waals surface area contributed by atoms with Gasteiger partial charge in [0.25, 0.3) is 0 Å². The molecular formula is C14H17BrN2O3. The Kier molecular flexibility index (Phi) is 4.32. The van der Waals surface area contributed by atoms with E-state index in [0.717, 1.165) is 13.0 Å². The van der Waals surface area contributed by atoms with Crippen molar-refractivity contribution < 1.29 is 14.7 Å². The first-order valence-corrected chi connectivity index (χ1v) is 7.28. The van der Waals surface area contributed by atoms with Gasteiger partial charge in [-0.3, -0.25) is 0 Å². The third-order valence-electron chi connectivity index (χ3n) is 3.49. The van der Waals surface area contributed by atoms with Crippen molar-refractivity contribution in [1.82, 2.24) is 4.90 Å². The summed E-state index contributed by atoms with van der Waals surface area (Å²) >= 11 is 3.18. The highest BCUT2D eigenvalue weighted by atomic mass is 79.9. The Bertz CT molecular complexity index is 547. The van der Waals surface area contributed by atoms with E-state index in [0.29, 0.717) is 16.1 Å². The summed E-state index contributed by atoms with van der Waals surface area (Å²) in [5, 5.41) is 11.8. The number of urea groups is 1. The SMILES string of the molecule is CC1CC(C)N(C(=O)Nc2ccc(Br)c(C(=O)O)c2)C1. The number of carbonyl (C=O) groups excluding carboxylic acids is 1. The number of nitrogens with one attached hydrogen (secondary N) is 1. The summed E-state index contributed by atoms with van der Waals surface area (Å²) < 4.78 is 0.492. The van der Waals surface area contributed by atoms with Crippen molar-refractivity contribution in [2.24, 2.45) is 5.92 Å². The third kappa shape index (κ3) is 3.12. The van der Waals surface area contributed by atoms with Gasteiger partial charge in [0.1, 0.15) is 0 Å². The fourth-order valence-corrected chi connectivity index (χ4v) is 2.96. The van der Waals surface area contributed by atoms with Crippen LogP contribution in [0.4, 0.5) is 10.5 Å². The summed E-state index contributed by atoms with van der Waals surface area (Å²) in [5.74, 6) is -0.536. The molecule has 1 aliphatic heterocycles.